The highest BCUT2D eigenvalue weighted by atomic mass is 28.4. The normalized spacial score (nSPS) is 25.8. The molecule has 1 saturated carbocycles. The molecular weight excluding hydrogens is 476 g/mol. The molecule has 1 saturated heterocycles. The van der Waals surface area contributed by atoms with Crippen molar-refractivity contribution >= 4 is 18.7 Å². The molecule has 204 valence electrons. The van der Waals surface area contributed by atoms with Crippen LogP contribution in [-0.4, -0.2) is 45.1 Å². The fourth-order valence-electron chi connectivity index (χ4n) is 7.14. The zero-order chi connectivity index (χ0) is 26.7. The molecular formula is C32H48O4Si. The first kappa shape index (κ1) is 28.5. The fourth-order valence-corrected chi connectivity index (χ4v) is 11.8. The Morgan fingerprint density at radius 2 is 1.43 bits per heavy atom. The van der Waals surface area contributed by atoms with Crippen molar-refractivity contribution < 1.29 is 19.0 Å². The lowest BCUT2D eigenvalue weighted by molar-refractivity contribution is -0.151. The fraction of sp³-hybridized carbons (Fsp3) is 0.625. The summed E-state index contributed by atoms with van der Waals surface area (Å²) in [5.41, 5.74) is 0. The number of hydrogen-bond acceptors (Lipinski definition) is 4. The van der Waals surface area contributed by atoms with Crippen LogP contribution >= 0.6 is 0 Å². The molecule has 0 aromatic heterocycles. The summed E-state index contributed by atoms with van der Waals surface area (Å²) in [6.45, 7) is 15.5. The molecule has 2 aromatic carbocycles. The molecule has 2 aromatic rings. The van der Waals surface area contributed by atoms with E-state index in [1.807, 2.05) is 6.92 Å². The lowest BCUT2D eigenvalue weighted by atomic mass is 9.77. The van der Waals surface area contributed by atoms with Gasteiger partial charge in [0.05, 0.1) is 19.3 Å². The molecule has 0 bridgehead atoms. The smallest absolute Gasteiger partial charge is 0.261 e. The van der Waals surface area contributed by atoms with Crippen molar-refractivity contribution in [3.05, 3.63) is 60.7 Å². The number of ether oxygens (including phenoxy) is 2. The Hall–Kier alpha value is -1.50. The second kappa shape index (κ2) is 11.7. The molecule has 1 N–H and O–H groups in total. The van der Waals surface area contributed by atoms with Crippen molar-refractivity contribution in [3.63, 3.8) is 0 Å². The molecule has 37 heavy (non-hydrogen) atoms. The first-order chi connectivity index (χ1) is 17.6. The van der Waals surface area contributed by atoms with Crippen molar-refractivity contribution in [1.29, 1.82) is 0 Å². The summed E-state index contributed by atoms with van der Waals surface area (Å²) >= 11 is 0. The molecule has 0 amide bonds. The zero-order valence-corrected chi connectivity index (χ0v) is 24.8. The Morgan fingerprint density at radius 3 is 1.92 bits per heavy atom. The van der Waals surface area contributed by atoms with Gasteiger partial charge in [-0.1, -0.05) is 88.4 Å². The second-order valence-corrected chi connectivity index (χ2v) is 16.9. The molecule has 2 aliphatic rings. The lowest BCUT2D eigenvalue weighted by Crippen LogP contribution is -2.67. The predicted molar refractivity (Wildman–Crippen MR) is 154 cm³/mol. The molecule has 0 spiro atoms. The van der Waals surface area contributed by atoms with Gasteiger partial charge < -0.3 is 19.0 Å². The van der Waals surface area contributed by atoms with Crippen LogP contribution in [0.3, 0.4) is 0 Å². The van der Waals surface area contributed by atoms with Crippen molar-refractivity contribution in [2.24, 2.45) is 23.7 Å². The lowest BCUT2D eigenvalue weighted by Gasteiger charge is -2.44. The predicted octanol–water partition coefficient (Wildman–Crippen LogP) is 5.77. The van der Waals surface area contributed by atoms with E-state index in [1.54, 1.807) is 0 Å². The highest BCUT2D eigenvalue weighted by Crippen LogP contribution is 2.47. The Kier molecular flexibility index (Phi) is 9.02. The summed E-state index contributed by atoms with van der Waals surface area (Å²) in [6, 6.07) is 21.8. The minimum absolute atomic E-state index is 0.0294. The third-order valence-electron chi connectivity index (χ3n) is 9.09. The van der Waals surface area contributed by atoms with E-state index in [9.17, 15) is 5.11 Å². The Bertz CT molecular complexity index is 926. The van der Waals surface area contributed by atoms with E-state index in [-0.39, 0.29) is 11.1 Å². The summed E-state index contributed by atoms with van der Waals surface area (Å²) in [5.74, 6) is 1.20. The summed E-state index contributed by atoms with van der Waals surface area (Å²) in [4.78, 5) is 0. The van der Waals surface area contributed by atoms with Crippen LogP contribution < -0.4 is 10.4 Å². The number of hydrogen-bond donors (Lipinski definition) is 1. The van der Waals surface area contributed by atoms with Gasteiger partial charge >= 0.3 is 0 Å². The van der Waals surface area contributed by atoms with Crippen LogP contribution in [0.15, 0.2) is 60.7 Å². The van der Waals surface area contributed by atoms with Gasteiger partial charge in [0.2, 0.25) is 0 Å². The summed E-state index contributed by atoms with van der Waals surface area (Å²) in [7, 11) is -2.56. The third kappa shape index (κ3) is 6.07. The van der Waals surface area contributed by atoms with Crippen LogP contribution in [0.25, 0.3) is 0 Å². The monoisotopic (exact) mass is 524 g/mol. The SMILES string of the molecule is CC(O)[C@@H]1CC[C@H]([C@H](C)CO[Si](c2ccccc2)(c2ccccc2)C(C)(C)C)[C@H]1CCC1(C)OCCO1. The van der Waals surface area contributed by atoms with Crippen LogP contribution in [-0.2, 0) is 13.9 Å². The maximum atomic E-state index is 10.7. The number of aliphatic hydroxyl groups is 1. The van der Waals surface area contributed by atoms with Crippen molar-refractivity contribution in [1.82, 2.24) is 0 Å². The molecule has 2 fully saturated rings. The number of aliphatic hydroxyl groups excluding tert-OH is 1. The molecule has 1 aliphatic carbocycles. The molecule has 1 aliphatic heterocycles. The van der Waals surface area contributed by atoms with Crippen LogP contribution in [0.1, 0.15) is 67.2 Å². The largest absolute Gasteiger partial charge is 0.407 e. The van der Waals surface area contributed by atoms with Gasteiger partial charge in [-0.15, -0.1) is 0 Å². The van der Waals surface area contributed by atoms with Crippen LogP contribution in [0, 0.1) is 23.7 Å². The van der Waals surface area contributed by atoms with E-state index in [0.29, 0.717) is 36.9 Å². The Balaban J connectivity index is 1.58. The van der Waals surface area contributed by atoms with Gasteiger partial charge in [-0.2, -0.15) is 0 Å². The van der Waals surface area contributed by atoms with Gasteiger partial charge in [-0.25, -0.2) is 0 Å². The van der Waals surface area contributed by atoms with Crippen LogP contribution in [0.4, 0.5) is 0 Å². The standard InChI is InChI=1S/C32H48O4Si/c1-24(28-17-18-29(25(2)33)30(28)19-20-32(6)34-21-22-35-32)23-36-37(31(3,4)5,26-13-9-7-10-14-26)27-15-11-8-12-16-27/h7-16,24-25,28-30,33H,17-23H2,1-6H3/t24-,25?,28-,29+,30-/m1/s1. The van der Waals surface area contributed by atoms with Gasteiger partial charge in [0.1, 0.15) is 0 Å². The number of rotatable bonds is 10. The highest BCUT2D eigenvalue weighted by Gasteiger charge is 2.51. The van der Waals surface area contributed by atoms with Crippen molar-refractivity contribution in [2.75, 3.05) is 19.8 Å². The summed E-state index contributed by atoms with van der Waals surface area (Å²) < 4.78 is 19.1. The first-order valence-corrected chi connectivity index (χ1v) is 16.2. The van der Waals surface area contributed by atoms with E-state index in [4.69, 9.17) is 13.9 Å². The van der Waals surface area contributed by atoms with E-state index in [0.717, 1.165) is 32.3 Å². The van der Waals surface area contributed by atoms with Gasteiger partial charge in [0.15, 0.2) is 5.79 Å². The van der Waals surface area contributed by atoms with Crippen LogP contribution in [0.2, 0.25) is 5.04 Å². The van der Waals surface area contributed by atoms with E-state index < -0.39 is 14.1 Å². The van der Waals surface area contributed by atoms with Gasteiger partial charge in [0, 0.05) is 13.0 Å². The quantitative estimate of drug-likeness (QED) is 0.401. The Labute approximate surface area is 225 Å². The molecule has 0 radical (unpaired) electrons. The molecule has 1 heterocycles. The molecule has 1 unspecified atom stereocenters. The maximum absolute atomic E-state index is 10.7. The van der Waals surface area contributed by atoms with E-state index >= 15 is 0 Å². The topological polar surface area (TPSA) is 47.9 Å². The summed E-state index contributed by atoms with van der Waals surface area (Å²) in [6.07, 6.45) is 3.82. The van der Waals surface area contributed by atoms with Crippen molar-refractivity contribution in [2.45, 2.75) is 84.2 Å². The third-order valence-corrected chi connectivity index (χ3v) is 14.1. The van der Waals surface area contributed by atoms with Gasteiger partial charge in [0.25, 0.3) is 8.32 Å². The van der Waals surface area contributed by atoms with E-state index in [2.05, 4.69) is 95.3 Å². The molecule has 4 nitrogen and oxygen atoms in total. The minimum atomic E-state index is -2.56. The molecule has 5 heteroatoms. The first-order valence-electron chi connectivity index (χ1n) is 14.3. The maximum Gasteiger partial charge on any atom is 0.261 e. The van der Waals surface area contributed by atoms with Crippen molar-refractivity contribution in [3.8, 4) is 0 Å². The summed E-state index contributed by atoms with van der Waals surface area (Å²) in [5, 5.41) is 13.3. The molecule has 4 rings (SSSR count). The zero-order valence-electron chi connectivity index (χ0n) is 23.8. The molecule has 5 atom stereocenters. The highest BCUT2D eigenvalue weighted by molar-refractivity contribution is 6.99. The van der Waals surface area contributed by atoms with Crippen LogP contribution in [0.5, 0.6) is 0 Å². The van der Waals surface area contributed by atoms with Gasteiger partial charge in [-0.05, 0) is 72.2 Å². The Morgan fingerprint density at radius 1 is 0.919 bits per heavy atom. The van der Waals surface area contributed by atoms with E-state index in [1.165, 1.54) is 10.4 Å². The second-order valence-electron chi connectivity index (χ2n) is 12.6. The average molecular weight is 525 g/mol. The number of benzene rings is 2. The minimum Gasteiger partial charge on any atom is -0.407 e. The van der Waals surface area contributed by atoms with Gasteiger partial charge in [-0.3, -0.25) is 0 Å². The average Bonchev–Trinajstić information content (AvgIpc) is 3.50.